The quantitative estimate of drug-likeness (QED) is 0.416. The van der Waals surface area contributed by atoms with Gasteiger partial charge in [-0.05, 0) is 47.0 Å². The van der Waals surface area contributed by atoms with Crippen molar-refractivity contribution in [1.29, 1.82) is 0 Å². The standard InChI is InChI=1S/C25H25NO4/c1-2-29-23(25(27)28)16-17-9-11-18(12-10-17)30-15-13-22-20-7-4-3-6-19(20)21-8-5-14-26-24(21)22/h3-12,14,23,26H,2,13,15-16H2,1H3,(H,27,28). The molecule has 0 saturated heterocycles. The Morgan fingerprint density at radius 3 is 2.53 bits per heavy atom. The molecule has 30 heavy (non-hydrogen) atoms. The van der Waals surface area contributed by atoms with Crippen molar-refractivity contribution in [3.8, 4) is 17.0 Å². The van der Waals surface area contributed by atoms with Gasteiger partial charge in [-0.15, -0.1) is 0 Å². The number of aliphatic carboxylic acids is 1. The van der Waals surface area contributed by atoms with E-state index in [-0.39, 0.29) is 0 Å². The van der Waals surface area contributed by atoms with E-state index in [1.807, 2.05) is 36.5 Å². The molecule has 5 nitrogen and oxygen atoms in total. The van der Waals surface area contributed by atoms with Gasteiger partial charge < -0.3 is 19.6 Å². The van der Waals surface area contributed by atoms with Crippen molar-refractivity contribution in [3.63, 3.8) is 0 Å². The van der Waals surface area contributed by atoms with Crippen molar-refractivity contribution in [1.82, 2.24) is 4.98 Å². The topological polar surface area (TPSA) is 71.5 Å². The van der Waals surface area contributed by atoms with Crippen LogP contribution in [0, 0.1) is 0 Å². The lowest BCUT2D eigenvalue weighted by Crippen LogP contribution is -2.26. The van der Waals surface area contributed by atoms with E-state index in [9.17, 15) is 9.90 Å². The number of aromatic nitrogens is 1. The molecule has 0 amide bonds. The van der Waals surface area contributed by atoms with Crippen LogP contribution in [0.15, 0.2) is 66.9 Å². The third-order valence-electron chi connectivity index (χ3n) is 5.31. The number of pyridine rings is 1. The summed E-state index contributed by atoms with van der Waals surface area (Å²) in [7, 11) is 0. The number of benzene rings is 2. The summed E-state index contributed by atoms with van der Waals surface area (Å²) in [6.07, 6.45) is 2.26. The van der Waals surface area contributed by atoms with Crippen LogP contribution in [0.3, 0.4) is 0 Å². The molecular formula is C25H25NO4. The minimum absolute atomic E-state index is 0.338. The summed E-state index contributed by atoms with van der Waals surface area (Å²) in [6.45, 7) is 2.73. The predicted octanol–water partition coefficient (Wildman–Crippen LogP) is 4.93. The average Bonchev–Trinajstić information content (AvgIpc) is 3.09. The molecule has 5 heteroatoms. The summed E-state index contributed by atoms with van der Waals surface area (Å²) in [5, 5.41) is 11.7. The normalized spacial score (nSPS) is 12.3. The largest absolute Gasteiger partial charge is 0.493 e. The lowest BCUT2D eigenvalue weighted by Gasteiger charge is -2.13. The summed E-state index contributed by atoms with van der Waals surface area (Å²) in [4.78, 5) is 14.6. The van der Waals surface area contributed by atoms with Gasteiger partial charge >= 0.3 is 5.97 Å². The minimum atomic E-state index is -0.942. The van der Waals surface area contributed by atoms with E-state index in [0.29, 0.717) is 19.6 Å². The van der Waals surface area contributed by atoms with Gasteiger partial charge in [0.25, 0.3) is 0 Å². The summed E-state index contributed by atoms with van der Waals surface area (Å²) >= 11 is 0. The molecule has 0 radical (unpaired) electrons. The van der Waals surface area contributed by atoms with Crippen molar-refractivity contribution in [3.05, 3.63) is 78.0 Å². The highest BCUT2D eigenvalue weighted by Gasteiger charge is 2.18. The molecular weight excluding hydrogens is 378 g/mol. The predicted molar refractivity (Wildman–Crippen MR) is 117 cm³/mol. The highest BCUT2D eigenvalue weighted by Crippen LogP contribution is 2.37. The van der Waals surface area contributed by atoms with Crippen LogP contribution in [0.4, 0.5) is 0 Å². The molecule has 2 N–H and O–H groups in total. The molecule has 2 aromatic rings. The molecule has 154 valence electrons. The monoisotopic (exact) mass is 403 g/mol. The first-order valence-corrected chi connectivity index (χ1v) is 10.2. The first-order chi connectivity index (χ1) is 14.7. The number of hydrogen-bond acceptors (Lipinski definition) is 3. The van der Waals surface area contributed by atoms with Crippen LogP contribution in [-0.2, 0) is 22.4 Å². The fraction of sp³-hybridized carbons (Fsp3) is 0.240. The van der Waals surface area contributed by atoms with Crippen molar-refractivity contribution >= 4 is 16.7 Å². The van der Waals surface area contributed by atoms with Crippen LogP contribution in [0.25, 0.3) is 22.0 Å². The lowest BCUT2D eigenvalue weighted by atomic mass is 10.1. The molecule has 1 atom stereocenters. The minimum Gasteiger partial charge on any atom is -0.493 e. The van der Waals surface area contributed by atoms with E-state index >= 15 is 0 Å². The van der Waals surface area contributed by atoms with Gasteiger partial charge in [0.05, 0.1) is 6.61 Å². The number of ether oxygens (including phenoxy) is 2. The van der Waals surface area contributed by atoms with Gasteiger partial charge in [0.15, 0.2) is 6.10 Å². The fourth-order valence-corrected chi connectivity index (χ4v) is 3.91. The van der Waals surface area contributed by atoms with Crippen LogP contribution >= 0.6 is 0 Å². The fourth-order valence-electron chi connectivity index (χ4n) is 3.91. The van der Waals surface area contributed by atoms with Crippen LogP contribution < -0.4 is 4.74 Å². The maximum Gasteiger partial charge on any atom is 0.333 e. The molecule has 4 rings (SSSR count). The van der Waals surface area contributed by atoms with E-state index in [1.54, 1.807) is 6.92 Å². The molecule has 0 fully saturated rings. The Labute approximate surface area is 175 Å². The van der Waals surface area contributed by atoms with Gasteiger partial charge in [-0.1, -0.05) is 42.5 Å². The Hall–Kier alpha value is -3.31. The molecule has 0 saturated carbocycles. The van der Waals surface area contributed by atoms with Gasteiger partial charge in [0.2, 0.25) is 0 Å². The average molecular weight is 403 g/mol. The third-order valence-corrected chi connectivity index (χ3v) is 5.31. The number of fused-ring (bicyclic) bond motifs is 3. The van der Waals surface area contributed by atoms with Crippen molar-refractivity contribution in [2.45, 2.75) is 25.9 Å². The van der Waals surface area contributed by atoms with Crippen molar-refractivity contribution in [2.75, 3.05) is 13.2 Å². The smallest absolute Gasteiger partial charge is 0.333 e. The second-order valence-corrected chi connectivity index (χ2v) is 7.21. The highest BCUT2D eigenvalue weighted by atomic mass is 16.5. The van der Waals surface area contributed by atoms with Gasteiger partial charge in [0, 0.05) is 36.9 Å². The van der Waals surface area contributed by atoms with E-state index < -0.39 is 12.1 Å². The van der Waals surface area contributed by atoms with E-state index in [4.69, 9.17) is 9.47 Å². The molecule has 1 unspecified atom stereocenters. The zero-order valence-corrected chi connectivity index (χ0v) is 16.9. The molecule has 0 spiro atoms. The number of hydrogen-bond donors (Lipinski definition) is 2. The summed E-state index contributed by atoms with van der Waals surface area (Å²) in [6, 6.07) is 20.2. The Balaban J connectivity index is 1.42. The number of nitrogens with one attached hydrogen (secondary N) is 1. The molecule has 0 aromatic heterocycles. The molecule has 1 aliphatic heterocycles. The summed E-state index contributed by atoms with van der Waals surface area (Å²) < 4.78 is 11.3. The number of carbonyl (C=O) groups is 1. The Kier molecular flexibility index (Phi) is 6.00. The van der Waals surface area contributed by atoms with Crippen LogP contribution in [0.1, 0.15) is 18.1 Å². The summed E-state index contributed by atoms with van der Waals surface area (Å²) in [5.74, 6) is -0.172. The lowest BCUT2D eigenvalue weighted by molar-refractivity contribution is -0.149. The molecule has 2 aromatic carbocycles. The third kappa shape index (κ3) is 4.16. The zero-order valence-electron chi connectivity index (χ0n) is 16.9. The SMILES string of the molecule is CCOC(Cc1ccc(OCCc2c3[nH]cccc-3c3ccccc23)cc1)C(=O)O. The van der Waals surface area contributed by atoms with Crippen LogP contribution in [0.5, 0.6) is 5.75 Å². The van der Waals surface area contributed by atoms with Gasteiger partial charge in [-0.3, -0.25) is 0 Å². The van der Waals surface area contributed by atoms with E-state index in [1.165, 1.54) is 21.9 Å². The number of carboxylic acid groups (broad SMARTS) is 1. The van der Waals surface area contributed by atoms with E-state index in [0.717, 1.165) is 23.4 Å². The summed E-state index contributed by atoms with van der Waals surface area (Å²) in [5.41, 5.74) is 4.56. The Bertz CT molecular complexity index is 1100. The molecule has 0 bridgehead atoms. The Morgan fingerprint density at radius 1 is 1.03 bits per heavy atom. The van der Waals surface area contributed by atoms with Crippen molar-refractivity contribution in [2.24, 2.45) is 0 Å². The van der Waals surface area contributed by atoms with Gasteiger partial charge in [0.1, 0.15) is 5.75 Å². The number of carboxylic acids is 1. The maximum atomic E-state index is 11.2. The zero-order chi connectivity index (χ0) is 20.9. The molecule has 2 aliphatic rings. The van der Waals surface area contributed by atoms with Crippen molar-refractivity contribution < 1.29 is 19.4 Å². The second kappa shape index (κ2) is 9.01. The van der Waals surface area contributed by atoms with Gasteiger partial charge in [-0.2, -0.15) is 0 Å². The maximum absolute atomic E-state index is 11.2. The first kappa shape index (κ1) is 20.0. The second-order valence-electron chi connectivity index (χ2n) is 7.21. The van der Waals surface area contributed by atoms with Crippen LogP contribution in [-0.4, -0.2) is 35.4 Å². The Morgan fingerprint density at radius 2 is 1.80 bits per heavy atom. The van der Waals surface area contributed by atoms with E-state index in [2.05, 4.69) is 35.3 Å². The highest BCUT2D eigenvalue weighted by molar-refractivity contribution is 6.04. The van der Waals surface area contributed by atoms with Gasteiger partial charge in [-0.25, -0.2) is 4.79 Å². The molecule has 1 aliphatic carbocycles. The first-order valence-electron chi connectivity index (χ1n) is 10.2. The van der Waals surface area contributed by atoms with Crippen LogP contribution in [0.2, 0.25) is 0 Å². The number of aromatic amines is 1. The molecule has 1 heterocycles. The number of rotatable bonds is 9. The number of H-pyrrole nitrogens is 1.